The fourth-order valence-electron chi connectivity index (χ4n) is 0.907. The van der Waals surface area contributed by atoms with E-state index < -0.39 is 0 Å². The molecule has 0 aliphatic carbocycles. The van der Waals surface area contributed by atoms with Gasteiger partial charge >= 0.3 is 0 Å². The second-order valence-corrected chi connectivity index (χ2v) is 3.37. The van der Waals surface area contributed by atoms with Crippen LogP contribution < -0.4 is 4.90 Å². The molecule has 1 rings (SSSR count). The summed E-state index contributed by atoms with van der Waals surface area (Å²) >= 11 is 11.3. The monoisotopic (exact) mass is 230 g/mol. The largest absolute Gasteiger partial charge is 0.358 e. The van der Waals surface area contributed by atoms with E-state index in [2.05, 4.69) is 9.97 Å². The third-order valence-corrected chi connectivity index (χ3v) is 1.97. The van der Waals surface area contributed by atoms with Gasteiger partial charge in [-0.3, -0.25) is 0 Å². The van der Waals surface area contributed by atoms with Crippen LogP contribution in [0.1, 0.15) is 6.42 Å². The first-order valence-corrected chi connectivity index (χ1v) is 4.67. The van der Waals surface area contributed by atoms with Crippen LogP contribution in [0, 0.1) is 11.3 Å². The molecule has 74 valence electrons. The molecule has 0 aromatic carbocycles. The van der Waals surface area contributed by atoms with E-state index in [1.165, 1.54) is 0 Å². The number of nitrogens with zero attached hydrogens (tertiary/aromatic N) is 4. The number of halogens is 2. The number of hydrogen-bond donors (Lipinski definition) is 0. The Bertz CT molecular complexity index is 341. The molecule has 0 fully saturated rings. The summed E-state index contributed by atoms with van der Waals surface area (Å²) in [5.41, 5.74) is 0. The summed E-state index contributed by atoms with van der Waals surface area (Å²) in [6.45, 7) is 0.584. The van der Waals surface area contributed by atoms with Crippen LogP contribution in [0.3, 0.4) is 0 Å². The molecule has 0 unspecified atom stereocenters. The van der Waals surface area contributed by atoms with E-state index >= 15 is 0 Å². The molecule has 0 atom stereocenters. The highest BCUT2D eigenvalue weighted by Crippen LogP contribution is 2.17. The molecular weight excluding hydrogens is 223 g/mol. The Morgan fingerprint density at radius 1 is 1.50 bits per heavy atom. The van der Waals surface area contributed by atoms with E-state index in [1.54, 1.807) is 11.0 Å². The maximum atomic E-state index is 8.41. The molecule has 0 bridgehead atoms. The molecule has 14 heavy (non-hydrogen) atoms. The van der Waals surface area contributed by atoms with Gasteiger partial charge in [0.2, 0.25) is 5.28 Å². The van der Waals surface area contributed by atoms with E-state index in [4.69, 9.17) is 28.5 Å². The van der Waals surface area contributed by atoms with Crippen LogP contribution >= 0.6 is 23.2 Å². The molecular formula is C8H8Cl2N4. The van der Waals surface area contributed by atoms with Crippen LogP contribution in [-0.4, -0.2) is 23.6 Å². The van der Waals surface area contributed by atoms with Crippen LogP contribution in [0.25, 0.3) is 0 Å². The van der Waals surface area contributed by atoms with Crippen molar-refractivity contribution in [2.24, 2.45) is 0 Å². The fraction of sp³-hybridized carbons (Fsp3) is 0.375. The lowest BCUT2D eigenvalue weighted by Gasteiger charge is -2.16. The van der Waals surface area contributed by atoms with Crippen molar-refractivity contribution < 1.29 is 0 Å². The molecule has 0 amide bonds. The maximum absolute atomic E-state index is 8.41. The number of rotatable bonds is 3. The van der Waals surface area contributed by atoms with Crippen molar-refractivity contribution in [2.45, 2.75) is 6.42 Å². The minimum atomic E-state index is 0.108. The number of anilines is 1. The summed E-state index contributed by atoms with van der Waals surface area (Å²) in [6.07, 6.45) is 0.426. The highest BCUT2D eigenvalue weighted by molar-refractivity contribution is 6.32. The van der Waals surface area contributed by atoms with Gasteiger partial charge in [0.1, 0.15) is 11.0 Å². The van der Waals surface area contributed by atoms with E-state index in [9.17, 15) is 0 Å². The summed E-state index contributed by atoms with van der Waals surface area (Å²) in [6, 6.07) is 3.65. The molecule has 4 nitrogen and oxygen atoms in total. The number of nitriles is 1. The van der Waals surface area contributed by atoms with Crippen LogP contribution in [0.4, 0.5) is 5.82 Å². The molecule has 0 saturated heterocycles. The molecule has 1 aromatic heterocycles. The van der Waals surface area contributed by atoms with Crippen LogP contribution in [-0.2, 0) is 0 Å². The fourth-order valence-corrected chi connectivity index (χ4v) is 1.31. The predicted molar refractivity (Wildman–Crippen MR) is 55.6 cm³/mol. The van der Waals surface area contributed by atoms with Gasteiger partial charge in [-0.25, -0.2) is 9.97 Å². The van der Waals surface area contributed by atoms with Gasteiger partial charge < -0.3 is 4.90 Å². The first kappa shape index (κ1) is 11.0. The molecule has 6 heteroatoms. The van der Waals surface area contributed by atoms with Gasteiger partial charge in [-0.15, -0.1) is 0 Å². The standard InChI is InChI=1S/C8H8Cl2N4/c1-14(4-2-3-11)7-5-6(9)12-8(10)13-7/h5H,2,4H2,1H3. The quantitative estimate of drug-likeness (QED) is 0.590. The van der Waals surface area contributed by atoms with Gasteiger partial charge in [0, 0.05) is 19.7 Å². The summed E-state index contributed by atoms with van der Waals surface area (Å²) in [5.74, 6) is 0.616. The Morgan fingerprint density at radius 3 is 2.79 bits per heavy atom. The van der Waals surface area contributed by atoms with Gasteiger partial charge in [0.05, 0.1) is 12.5 Å². The lowest BCUT2D eigenvalue weighted by atomic mass is 10.4. The molecule has 0 N–H and O–H groups in total. The maximum Gasteiger partial charge on any atom is 0.225 e. The van der Waals surface area contributed by atoms with Crippen molar-refractivity contribution in [3.05, 3.63) is 16.5 Å². The van der Waals surface area contributed by atoms with Crippen LogP contribution in [0.2, 0.25) is 10.4 Å². The first-order valence-electron chi connectivity index (χ1n) is 3.91. The van der Waals surface area contributed by atoms with E-state index in [-0.39, 0.29) is 5.28 Å². The van der Waals surface area contributed by atoms with Crippen molar-refractivity contribution in [3.63, 3.8) is 0 Å². The van der Waals surface area contributed by atoms with E-state index in [0.29, 0.717) is 23.9 Å². The van der Waals surface area contributed by atoms with Crippen molar-refractivity contribution in [1.82, 2.24) is 9.97 Å². The lowest BCUT2D eigenvalue weighted by Crippen LogP contribution is -2.19. The van der Waals surface area contributed by atoms with Crippen molar-refractivity contribution in [3.8, 4) is 6.07 Å². The Hall–Kier alpha value is -1.05. The molecule has 0 radical (unpaired) electrons. The average molecular weight is 231 g/mol. The molecule has 1 heterocycles. The zero-order chi connectivity index (χ0) is 10.6. The number of aromatic nitrogens is 2. The minimum absolute atomic E-state index is 0.108. The first-order chi connectivity index (χ1) is 6.63. The number of hydrogen-bond acceptors (Lipinski definition) is 4. The Morgan fingerprint density at radius 2 is 2.21 bits per heavy atom. The Kier molecular flexibility index (Phi) is 3.93. The molecule has 0 aliphatic rings. The molecule has 0 saturated carbocycles. The molecule has 0 aliphatic heterocycles. The normalized spacial score (nSPS) is 9.57. The van der Waals surface area contributed by atoms with Gasteiger partial charge in [-0.2, -0.15) is 5.26 Å². The summed E-state index contributed by atoms with van der Waals surface area (Å²) in [7, 11) is 1.81. The van der Waals surface area contributed by atoms with E-state index in [1.807, 2.05) is 13.1 Å². The smallest absolute Gasteiger partial charge is 0.225 e. The zero-order valence-corrected chi connectivity index (χ0v) is 9.05. The van der Waals surface area contributed by atoms with Crippen LogP contribution in [0.15, 0.2) is 6.07 Å². The third-order valence-electron chi connectivity index (χ3n) is 1.60. The van der Waals surface area contributed by atoms with Gasteiger partial charge in [-0.05, 0) is 11.6 Å². The summed E-state index contributed by atoms with van der Waals surface area (Å²) < 4.78 is 0. The Balaban J connectivity index is 2.79. The summed E-state index contributed by atoms with van der Waals surface area (Å²) in [5, 5.41) is 8.81. The van der Waals surface area contributed by atoms with Gasteiger partial charge in [-0.1, -0.05) is 11.6 Å². The predicted octanol–water partition coefficient (Wildman–Crippen LogP) is 2.13. The van der Waals surface area contributed by atoms with Gasteiger partial charge in [0.15, 0.2) is 0 Å². The van der Waals surface area contributed by atoms with Crippen molar-refractivity contribution in [2.75, 3.05) is 18.5 Å². The second kappa shape index (κ2) is 4.99. The second-order valence-electron chi connectivity index (χ2n) is 2.65. The third kappa shape index (κ3) is 3.02. The van der Waals surface area contributed by atoms with Gasteiger partial charge in [0.25, 0.3) is 0 Å². The van der Waals surface area contributed by atoms with E-state index in [0.717, 1.165) is 0 Å². The lowest BCUT2D eigenvalue weighted by molar-refractivity contribution is 0.879. The van der Waals surface area contributed by atoms with Crippen molar-refractivity contribution >= 4 is 29.0 Å². The molecule has 1 aromatic rings. The SMILES string of the molecule is CN(CCC#N)c1cc(Cl)nc(Cl)n1. The Labute approximate surface area is 92.1 Å². The topological polar surface area (TPSA) is 52.8 Å². The molecule has 0 spiro atoms. The summed E-state index contributed by atoms with van der Waals surface area (Å²) in [4.78, 5) is 9.49. The zero-order valence-electron chi connectivity index (χ0n) is 7.54. The average Bonchev–Trinajstić information content (AvgIpc) is 2.12. The highest BCUT2D eigenvalue weighted by Gasteiger charge is 2.05. The van der Waals surface area contributed by atoms with Crippen molar-refractivity contribution in [1.29, 1.82) is 5.26 Å². The minimum Gasteiger partial charge on any atom is -0.358 e. The van der Waals surface area contributed by atoms with Crippen LogP contribution in [0.5, 0.6) is 0 Å². The highest BCUT2D eigenvalue weighted by atomic mass is 35.5.